The fourth-order valence-electron chi connectivity index (χ4n) is 5.24. The highest BCUT2D eigenvalue weighted by Crippen LogP contribution is 2.37. The van der Waals surface area contributed by atoms with Gasteiger partial charge in [-0.25, -0.2) is 0 Å². The number of hydrogen-bond acceptors (Lipinski definition) is 2. The van der Waals surface area contributed by atoms with Crippen molar-refractivity contribution in [2.45, 2.75) is 116 Å². The van der Waals surface area contributed by atoms with E-state index in [4.69, 9.17) is 9.72 Å². The predicted molar refractivity (Wildman–Crippen MR) is 142 cm³/mol. The summed E-state index contributed by atoms with van der Waals surface area (Å²) in [7, 11) is 0. The highest BCUT2D eigenvalue weighted by molar-refractivity contribution is 5.63. The molecule has 1 heterocycles. The number of benzene rings is 1. The maximum Gasteiger partial charge on any atom is 0.119 e. The Morgan fingerprint density at radius 2 is 1.33 bits per heavy atom. The summed E-state index contributed by atoms with van der Waals surface area (Å²) < 4.78 is 5.88. The van der Waals surface area contributed by atoms with E-state index in [0.29, 0.717) is 5.92 Å². The van der Waals surface area contributed by atoms with Crippen LogP contribution in [-0.2, 0) is 0 Å². The number of pyridine rings is 1. The minimum atomic E-state index is 0.656. The summed E-state index contributed by atoms with van der Waals surface area (Å²) in [5.41, 5.74) is 3.71. The Kier molecular flexibility index (Phi) is 11.8. The van der Waals surface area contributed by atoms with Crippen molar-refractivity contribution in [1.82, 2.24) is 4.98 Å². The molecule has 0 N–H and O–H groups in total. The molecule has 1 aromatic carbocycles. The largest absolute Gasteiger partial charge is 0.494 e. The van der Waals surface area contributed by atoms with Gasteiger partial charge in [0.25, 0.3) is 0 Å². The second-order valence-corrected chi connectivity index (χ2v) is 10.2. The van der Waals surface area contributed by atoms with Crippen LogP contribution >= 0.6 is 0 Å². The number of nitrogens with zero attached hydrogens (tertiary/aromatic N) is 1. The average Bonchev–Trinajstić information content (AvgIpc) is 2.87. The van der Waals surface area contributed by atoms with Gasteiger partial charge in [0.15, 0.2) is 0 Å². The fourth-order valence-corrected chi connectivity index (χ4v) is 5.24. The van der Waals surface area contributed by atoms with Crippen molar-refractivity contribution in [3.8, 4) is 16.9 Å². The third-order valence-corrected chi connectivity index (χ3v) is 7.47. The molecule has 1 fully saturated rings. The van der Waals surface area contributed by atoms with Crippen LogP contribution in [0.4, 0.5) is 0 Å². The molecule has 1 aromatic heterocycles. The van der Waals surface area contributed by atoms with Crippen LogP contribution in [0.1, 0.15) is 122 Å². The molecule has 0 atom stereocenters. The maximum atomic E-state index is 5.88. The second kappa shape index (κ2) is 15.1. The van der Waals surface area contributed by atoms with Gasteiger partial charge in [0.1, 0.15) is 5.75 Å². The molecule has 0 bridgehead atoms. The molecule has 1 aliphatic carbocycles. The summed E-state index contributed by atoms with van der Waals surface area (Å²) in [5.74, 6) is 2.58. The highest BCUT2D eigenvalue weighted by atomic mass is 16.5. The van der Waals surface area contributed by atoms with Crippen molar-refractivity contribution in [3.63, 3.8) is 0 Å². The molecular weight excluding hydrogens is 402 g/mol. The zero-order chi connectivity index (χ0) is 23.1. The number of hydrogen-bond donors (Lipinski definition) is 0. The Morgan fingerprint density at radius 3 is 2.00 bits per heavy atom. The van der Waals surface area contributed by atoms with Gasteiger partial charge in [0, 0.05) is 23.4 Å². The molecule has 33 heavy (non-hydrogen) atoms. The van der Waals surface area contributed by atoms with E-state index in [1.54, 1.807) is 0 Å². The SMILES string of the molecule is CCCCCCCCC1CCC(c2ccc(-c3ccc(OCCCCCC)cc3)cn2)CC1. The van der Waals surface area contributed by atoms with Gasteiger partial charge in [-0.05, 0) is 61.8 Å². The first-order valence-corrected chi connectivity index (χ1v) is 14.0. The molecule has 1 saturated carbocycles. The third-order valence-electron chi connectivity index (χ3n) is 7.47. The predicted octanol–water partition coefficient (Wildman–Crippen LogP) is 9.73. The van der Waals surface area contributed by atoms with Crippen molar-refractivity contribution in [3.05, 3.63) is 48.3 Å². The van der Waals surface area contributed by atoms with Gasteiger partial charge >= 0.3 is 0 Å². The molecule has 2 aromatic rings. The van der Waals surface area contributed by atoms with Crippen LogP contribution in [0.25, 0.3) is 11.1 Å². The zero-order valence-corrected chi connectivity index (χ0v) is 21.4. The lowest BCUT2D eigenvalue weighted by Gasteiger charge is -2.28. The Hall–Kier alpha value is -1.83. The summed E-state index contributed by atoms with van der Waals surface area (Å²) in [6.45, 7) is 5.35. The summed E-state index contributed by atoms with van der Waals surface area (Å²) in [6, 6.07) is 13.0. The first-order chi connectivity index (χ1) is 16.3. The molecule has 0 unspecified atom stereocenters. The average molecular weight is 450 g/mol. The van der Waals surface area contributed by atoms with Crippen molar-refractivity contribution < 1.29 is 4.74 Å². The van der Waals surface area contributed by atoms with Gasteiger partial charge < -0.3 is 4.74 Å². The number of unbranched alkanes of at least 4 members (excludes halogenated alkanes) is 8. The van der Waals surface area contributed by atoms with Crippen molar-refractivity contribution in [1.29, 1.82) is 0 Å². The molecule has 182 valence electrons. The van der Waals surface area contributed by atoms with Gasteiger partial charge in [-0.15, -0.1) is 0 Å². The topological polar surface area (TPSA) is 22.1 Å². The summed E-state index contributed by atoms with van der Waals surface area (Å²) >= 11 is 0. The van der Waals surface area contributed by atoms with Crippen LogP contribution in [-0.4, -0.2) is 11.6 Å². The van der Waals surface area contributed by atoms with Crippen molar-refractivity contribution >= 4 is 0 Å². The molecule has 0 amide bonds. The van der Waals surface area contributed by atoms with E-state index in [1.807, 2.05) is 0 Å². The van der Waals surface area contributed by atoms with Gasteiger partial charge in [-0.2, -0.15) is 0 Å². The van der Waals surface area contributed by atoms with Crippen LogP contribution < -0.4 is 4.74 Å². The molecule has 1 aliphatic rings. The fraction of sp³-hybridized carbons (Fsp3) is 0.645. The Morgan fingerprint density at radius 1 is 0.697 bits per heavy atom. The summed E-state index contributed by atoms with van der Waals surface area (Å²) in [5, 5.41) is 0. The Bertz CT molecular complexity index is 743. The monoisotopic (exact) mass is 449 g/mol. The van der Waals surface area contributed by atoms with Gasteiger partial charge in [0.05, 0.1) is 6.61 Å². The van der Waals surface area contributed by atoms with E-state index in [-0.39, 0.29) is 0 Å². The van der Waals surface area contributed by atoms with Gasteiger partial charge in [-0.1, -0.05) is 96.3 Å². The van der Waals surface area contributed by atoms with E-state index >= 15 is 0 Å². The van der Waals surface area contributed by atoms with E-state index < -0.39 is 0 Å². The number of ether oxygens (including phenoxy) is 1. The summed E-state index contributed by atoms with van der Waals surface area (Å²) in [6.07, 6.45) is 22.4. The van der Waals surface area contributed by atoms with E-state index in [2.05, 4.69) is 56.4 Å². The number of aromatic nitrogens is 1. The molecule has 0 spiro atoms. The van der Waals surface area contributed by atoms with E-state index in [9.17, 15) is 0 Å². The first-order valence-electron chi connectivity index (χ1n) is 14.0. The Labute approximate surface area is 203 Å². The second-order valence-electron chi connectivity index (χ2n) is 10.2. The molecule has 2 nitrogen and oxygen atoms in total. The molecule has 3 rings (SSSR count). The smallest absolute Gasteiger partial charge is 0.119 e. The minimum Gasteiger partial charge on any atom is -0.494 e. The Balaban J connectivity index is 1.39. The maximum absolute atomic E-state index is 5.88. The third kappa shape index (κ3) is 9.14. The molecule has 0 radical (unpaired) electrons. The lowest BCUT2D eigenvalue weighted by molar-refractivity contribution is 0.299. The van der Waals surface area contributed by atoms with Crippen LogP contribution in [0.2, 0.25) is 0 Å². The molecule has 2 heteroatoms. The van der Waals surface area contributed by atoms with E-state index in [1.165, 1.54) is 107 Å². The summed E-state index contributed by atoms with van der Waals surface area (Å²) in [4.78, 5) is 4.88. The number of rotatable bonds is 15. The van der Waals surface area contributed by atoms with Crippen molar-refractivity contribution in [2.24, 2.45) is 5.92 Å². The van der Waals surface area contributed by atoms with Crippen LogP contribution in [0.3, 0.4) is 0 Å². The lowest BCUT2D eigenvalue weighted by atomic mass is 9.78. The first kappa shape index (κ1) is 25.8. The van der Waals surface area contributed by atoms with Gasteiger partial charge in [-0.3, -0.25) is 4.98 Å². The lowest BCUT2D eigenvalue weighted by Crippen LogP contribution is -2.14. The van der Waals surface area contributed by atoms with Crippen molar-refractivity contribution in [2.75, 3.05) is 6.61 Å². The standard InChI is InChI=1S/C31H47NO/c1-3-5-7-9-10-11-13-26-14-16-28(17-15-26)31-23-20-29(25-32-31)27-18-21-30(22-19-27)33-24-12-8-6-4-2/h18-23,25-26,28H,3-17,24H2,1-2H3. The molecule has 0 saturated heterocycles. The zero-order valence-electron chi connectivity index (χ0n) is 21.4. The molecule has 0 aliphatic heterocycles. The van der Waals surface area contributed by atoms with Crippen LogP contribution in [0, 0.1) is 5.92 Å². The molecular formula is C31H47NO. The quantitative estimate of drug-likeness (QED) is 0.252. The van der Waals surface area contributed by atoms with Crippen LogP contribution in [0.5, 0.6) is 5.75 Å². The van der Waals surface area contributed by atoms with Crippen LogP contribution in [0.15, 0.2) is 42.6 Å². The van der Waals surface area contributed by atoms with E-state index in [0.717, 1.165) is 24.7 Å². The minimum absolute atomic E-state index is 0.656. The van der Waals surface area contributed by atoms with Gasteiger partial charge in [0.2, 0.25) is 0 Å². The highest BCUT2D eigenvalue weighted by Gasteiger charge is 2.22. The normalized spacial score (nSPS) is 18.4.